The number of pyridine rings is 1. The Bertz CT molecular complexity index is 486. The summed E-state index contributed by atoms with van der Waals surface area (Å²) in [5.74, 6) is 0.724. The van der Waals surface area contributed by atoms with Gasteiger partial charge in [-0.3, -0.25) is 9.78 Å². The van der Waals surface area contributed by atoms with E-state index in [-0.39, 0.29) is 5.91 Å². The lowest BCUT2D eigenvalue weighted by Gasteiger charge is -2.19. The number of aromatic nitrogens is 1. The van der Waals surface area contributed by atoms with Crippen LogP contribution in [0.1, 0.15) is 48.0 Å². The molecule has 1 aromatic heterocycles. The van der Waals surface area contributed by atoms with E-state index in [2.05, 4.69) is 4.98 Å². The van der Waals surface area contributed by atoms with E-state index < -0.39 is 0 Å². The molecule has 1 aliphatic rings. The normalized spacial score (nSPS) is 15.2. The van der Waals surface area contributed by atoms with Crippen LogP contribution in [0.15, 0.2) is 18.5 Å². The fourth-order valence-electron chi connectivity index (χ4n) is 2.62. The Labute approximate surface area is 114 Å². The van der Waals surface area contributed by atoms with Crippen molar-refractivity contribution < 1.29 is 4.79 Å². The molecule has 0 saturated heterocycles. The van der Waals surface area contributed by atoms with Gasteiger partial charge in [0.15, 0.2) is 0 Å². The summed E-state index contributed by atoms with van der Waals surface area (Å²) in [6, 6.07) is 3.60. The third-order valence-corrected chi connectivity index (χ3v) is 3.81. The summed E-state index contributed by atoms with van der Waals surface area (Å²) < 4.78 is 0. The summed E-state index contributed by atoms with van der Waals surface area (Å²) >= 11 is 0. The molecule has 0 aliphatic heterocycles. The maximum atomic E-state index is 12.2. The quantitative estimate of drug-likeness (QED) is 0.833. The fourth-order valence-corrected chi connectivity index (χ4v) is 2.62. The van der Waals surface area contributed by atoms with Gasteiger partial charge in [-0.25, -0.2) is 0 Å². The molecule has 1 heterocycles. The molecule has 4 nitrogen and oxygen atoms in total. The van der Waals surface area contributed by atoms with Crippen LogP contribution in [0.5, 0.6) is 0 Å². The number of carbonyl (C=O) groups is 1. The first-order valence-corrected chi connectivity index (χ1v) is 6.81. The van der Waals surface area contributed by atoms with E-state index >= 15 is 0 Å². The predicted molar refractivity (Wildman–Crippen MR) is 72.5 cm³/mol. The molecule has 0 radical (unpaired) electrons. The molecule has 0 unspecified atom stereocenters. The van der Waals surface area contributed by atoms with Crippen molar-refractivity contribution in [3.63, 3.8) is 0 Å². The maximum absolute atomic E-state index is 12.2. The summed E-state index contributed by atoms with van der Waals surface area (Å²) in [6.07, 6.45) is 9.33. The van der Waals surface area contributed by atoms with Crippen molar-refractivity contribution in [3.05, 3.63) is 29.6 Å². The first-order valence-electron chi connectivity index (χ1n) is 6.81. The fraction of sp³-hybridized carbons (Fsp3) is 0.533. The monoisotopic (exact) mass is 257 g/mol. The van der Waals surface area contributed by atoms with Crippen LogP contribution in [0, 0.1) is 17.2 Å². The van der Waals surface area contributed by atoms with E-state index in [0.29, 0.717) is 11.1 Å². The van der Waals surface area contributed by atoms with Crippen molar-refractivity contribution in [1.82, 2.24) is 9.88 Å². The number of nitrogens with zero attached hydrogens (tertiary/aromatic N) is 3. The first kappa shape index (κ1) is 13.5. The second kappa shape index (κ2) is 6.33. The van der Waals surface area contributed by atoms with Gasteiger partial charge in [0.25, 0.3) is 5.91 Å². The van der Waals surface area contributed by atoms with Gasteiger partial charge in [-0.05, 0) is 18.4 Å². The molecule has 2 rings (SSSR count). The molecule has 0 aromatic carbocycles. The van der Waals surface area contributed by atoms with Crippen LogP contribution >= 0.6 is 0 Å². The minimum Gasteiger partial charge on any atom is -0.342 e. The number of rotatable bonds is 4. The average Bonchev–Trinajstić information content (AvgIpc) is 2.97. The third-order valence-electron chi connectivity index (χ3n) is 3.81. The van der Waals surface area contributed by atoms with Crippen molar-refractivity contribution in [2.45, 2.75) is 32.1 Å². The minimum absolute atomic E-state index is 0.0532. The van der Waals surface area contributed by atoms with Gasteiger partial charge in [-0.2, -0.15) is 5.26 Å². The molecule has 1 amide bonds. The van der Waals surface area contributed by atoms with Crippen LogP contribution in [0.2, 0.25) is 0 Å². The van der Waals surface area contributed by atoms with Crippen LogP contribution in [0.4, 0.5) is 0 Å². The first-order chi connectivity index (χ1) is 9.20. The molecule has 0 bridgehead atoms. The second-order valence-corrected chi connectivity index (χ2v) is 5.24. The molecule has 1 fully saturated rings. The number of amides is 1. The smallest absolute Gasteiger partial charge is 0.255 e. The SMILES string of the molecule is CN(CCC1CCCC1)C(=O)c1cncc(C#N)c1. The molecular weight excluding hydrogens is 238 g/mol. The van der Waals surface area contributed by atoms with Gasteiger partial charge >= 0.3 is 0 Å². The molecule has 4 heteroatoms. The second-order valence-electron chi connectivity index (χ2n) is 5.24. The van der Waals surface area contributed by atoms with Crippen molar-refractivity contribution in [1.29, 1.82) is 5.26 Å². The van der Waals surface area contributed by atoms with E-state index in [0.717, 1.165) is 18.9 Å². The lowest BCUT2D eigenvalue weighted by molar-refractivity contribution is 0.0787. The number of nitriles is 1. The van der Waals surface area contributed by atoms with Crippen LogP contribution in [0.3, 0.4) is 0 Å². The van der Waals surface area contributed by atoms with Gasteiger partial charge in [0, 0.05) is 26.0 Å². The van der Waals surface area contributed by atoms with E-state index in [9.17, 15) is 4.79 Å². The van der Waals surface area contributed by atoms with Crippen LogP contribution in [-0.2, 0) is 0 Å². The molecule has 1 aromatic rings. The zero-order valence-electron chi connectivity index (χ0n) is 11.3. The molecule has 1 aliphatic carbocycles. The highest BCUT2D eigenvalue weighted by molar-refractivity contribution is 5.94. The van der Waals surface area contributed by atoms with Gasteiger partial charge in [-0.15, -0.1) is 0 Å². The zero-order chi connectivity index (χ0) is 13.7. The Morgan fingerprint density at radius 3 is 2.89 bits per heavy atom. The van der Waals surface area contributed by atoms with Crippen molar-refractivity contribution in [2.24, 2.45) is 5.92 Å². The van der Waals surface area contributed by atoms with E-state index in [1.54, 1.807) is 11.0 Å². The Balaban J connectivity index is 1.92. The molecule has 1 saturated carbocycles. The van der Waals surface area contributed by atoms with Gasteiger partial charge < -0.3 is 4.90 Å². The highest BCUT2D eigenvalue weighted by Crippen LogP contribution is 2.27. The van der Waals surface area contributed by atoms with Crippen LogP contribution in [0.25, 0.3) is 0 Å². The Hall–Kier alpha value is -1.89. The Morgan fingerprint density at radius 2 is 2.21 bits per heavy atom. The van der Waals surface area contributed by atoms with Gasteiger partial charge in [-0.1, -0.05) is 25.7 Å². The minimum atomic E-state index is -0.0532. The average molecular weight is 257 g/mol. The standard InChI is InChI=1S/C15H19N3O/c1-18(7-6-12-4-2-3-5-12)15(19)14-8-13(9-16)10-17-11-14/h8,10-12H,2-7H2,1H3. The van der Waals surface area contributed by atoms with Gasteiger partial charge in [0.05, 0.1) is 11.1 Å². The van der Waals surface area contributed by atoms with Crippen LogP contribution in [-0.4, -0.2) is 29.4 Å². The van der Waals surface area contributed by atoms with Crippen LogP contribution < -0.4 is 0 Å². The zero-order valence-corrected chi connectivity index (χ0v) is 11.3. The van der Waals surface area contributed by atoms with Gasteiger partial charge in [0.1, 0.15) is 6.07 Å². The van der Waals surface area contributed by atoms with Crippen molar-refractivity contribution in [2.75, 3.05) is 13.6 Å². The van der Waals surface area contributed by atoms with E-state index in [1.807, 2.05) is 13.1 Å². The summed E-state index contributed by atoms with van der Waals surface area (Å²) in [5, 5.41) is 8.81. The Kier molecular flexibility index (Phi) is 4.51. The number of hydrogen-bond acceptors (Lipinski definition) is 3. The Morgan fingerprint density at radius 1 is 1.47 bits per heavy atom. The number of carbonyl (C=O) groups excluding carboxylic acids is 1. The summed E-state index contributed by atoms with van der Waals surface area (Å²) in [5.41, 5.74) is 0.919. The lowest BCUT2D eigenvalue weighted by Crippen LogP contribution is -2.28. The van der Waals surface area contributed by atoms with Crippen molar-refractivity contribution >= 4 is 5.91 Å². The maximum Gasteiger partial charge on any atom is 0.255 e. The summed E-state index contributed by atoms with van der Waals surface area (Å²) in [4.78, 5) is 17.9. The van der Waals surface area contributed by atoms with Crippen molar-refractivity contribution in [3.8, 4) is 6.07 Å². The molecular formula is C15H19N3O. The largest absolute Gasteiger partial charge is 0.342 e. The summed E-state index contributed by atoms with van der Waals surface area (Å²) in [7, 11) is 1.82. The molecule has 0 atom stereocenters. The number of hydrogen-bond donors (Lipinski definition) is 0. The molecule has 0 spiro atoms. The highest BCUT2D eigenvalue weighted by atomic mass is 16.2. The molecule has 100 valence electrons. The predicted octanol–water partition coefficient (Wildman–Crippen LogP) is 2.61. The van der Waals surface area contributed by atoms with E-state index in [1.165, 1.54) is 38.1 Å². The topological polar surface area (TPSA) is 57.0 Å². The third kappa shape index (κ3) is 3.54. The molecule has 0 N–H and O–H groups in total. The highest BCUT2D eigenvalue weighted by Gasteiger charge is 2.18. The molecule has 19 heavy (non-hydrogen) atoms. The van der Waals surface area contributed by atoms with Gasteiger partial charge in [0.2, 0.25) is 0 Å². The summed E-state index contributed by atoms with van der Waals surface area (Å²) in [6.45, 7) is 0.778. The van der Waals surface area contributed by atoms with E-state index in [4.69, 9.17) is 5.26 Å². The lowest BCUT2D eigenvalue weighted by atomic mass is 10.0.